The fraction of sp³-hybridized carbons (Fsp3) is 0. The van der Waals surface area contributed by atoms with Crippen LogP contribution >= 0.6 is 0 Å². The molecular weight excluding hydrogens is 292 g/mol. The standard InChI is InChI=1S/C19H14O4/c1-3-12-22-17-11-6-5-8-14(17)15-9-7-10-16(19(20)21)18(15)23-13-4-2/h5-13H,1-2H2,(H,20,21). The van der Waals surface area contributed by atoms with Crippen molar-refractivity contribution < 1.29 is 19.4 Å². The first-order valence-corrected chi connectivity index (χ1v) is 6.66. The third kappa shape index (κ3) is 3.60. The van der Waals surface area contributed by atoms with Crippen molar-refractivity contribution in [2.45, 2.75) is 0 Å². The lowest BCUT2D eigenvalue weighted by atomic mass is 10.0. The third-order valence-electron chi connectivity index (χ3n) is 2.95. The Morgan fingerprint density at radius 2 is 1.61 bits per heavy atom. The number of benzene rings is 2. The van der Waals surface area contributed by atoms with Gasteiger partial charge in [0.15, 0.2) is 0 Å². The highest BCUT2D eigenvalue weighted by Crippen LogP contribution is 2.38. The van der Waals surface area contributed by atoms with Gasteiger partial charge in [0.05, 0.1) is 0 Å². The molecule has 1 N–H and O–H groups in total. The number of hydrogen-bond acceptors (Lipinski definition) is 3. The van der Waals surface area contributed by atoms with E-state index in [-0.39, 0.29) is 11.3 Å². The van der Waals surface area contributed by atoms with Crippen molar-refractivity contribution in [3.05, 3.63) is 85.2 Å². The molecule has 2 rings (SSSR count). The quantitative estimate of drug-likeness (QED) is 0.634. The van der Waals surface area contributed by atoms with Gasteiger partial charge in [-0.05, 0) is 12.1 Å². The predicted molar refractivity (Wildman–Crippen MR) is 87.5 cm³/mol. The summed E-state index contributed by atoms with van der Waals surface area (Å²) < 4.78 is 10.9. The number of carboxylic acids is 1. The minimum absolute atomic E-state index is 0.0306. The summed E-state index contributed by atoms with van der Waals surface area (Å²) in [6.07, 6.45) is 2.53. The van der Waals surface area contributed by atoms with E-state index in [4.69, 9.17) is 9.47 Å². The normalized spacial score (nSPS) is 9.22. The molecule has 2 aromatic rings. The number of carbonyl (C=O) groups is 1. The third-order valence-corrected chi connectivity index (χ3v) is 2.95. The molecule has 0 heterocycles. The minimum atomic E-state index is -1.09. The molecule has 23 heavy (non-hydrogen) atoms. The van der Waals surface area contributed by atoms with E-state index in [9.17, 15) is 9.90 Å². The van der Waals surface area contributed by atoms with Gasteiger partial charge in [-0.25, -0.2) is 4.79 Å². The van der Waals surface area contributed by atoms with Crippen molar-refractivity contribution in [1.29, 1.82) is 0 Å². The second-order valence-corrected chi connectivity index (χ2v) is 4.36. The van der Waals surface area contributed by atoms with Crippen LogP contribution in [0.3, 0.4) is 0 Å². The summed E-state index contributed by atoms with van der Waals surface area (Å²) in [6.45, 7) is 6.86. The van der Waals surface area contributed by atoms with E-state index in [0.29, 0.717) is 16.9 Å². The summed E-state index contributed by atoms with van der Waals surface area (Å²) in [5.74, 6) is -0.378. The number of rotatable bonds is 6. The lowest BCUT2D eigenvalue weighted by Crippen LogP contribution is -2.01. The molecule has 0 spiro atoms. The van der Waals surface area contributed by atoms with Gasteiger partial charge < -0.3 is 14.6 Å². The van der Waals surface area contributed by atoms with Gasteiger partial charge in [-0.1, -0.05) is 55.0 Å². The first kappa shape index (κ1) is 15.9. The van der Waals surface area contributed by atoms with Crippen molar-refractivity contribution in [1.82, 2.24) is 0 Å². The maximum absolute atomic E-state index is 11.4. The van der Waals surface area contributed by atoms with Crippen molar-refractivity contribution in [3.8, 4) is 22.6 Å². The van der Waals surface area contributed by atoms with Crippen LogP contribution in [0, 0.1) is 0 Å². The number of ether oxygens (including phenoxy) is 2. The fourth-order valence-corrected chi connectivity index (χ4v) is 2.04. The predicted octanol–water partition coefficient (Wildman–Crippen LogP) is 4.41. The van der Waals surface area contributed by atoms with Gasteiger partial charge in [-0.2, -0.15) is 0 Å². The molecule has 0 aliphatic rings. The van der Waals surface area contributed by atoms with E-state index >= 15 is 0 Å². The summed E-state index contributed by atoms with van der Waals surface area (Å²) in [5, 5.41) is 9.36. The minimum Gasteiger partial charge on any atom is -0.478 e. The molecule has 4 nitrogen and oxygen atoms in total. The zero-order valence-electron chi connectivity index (χ0n) is 12.3. The second-order valence-electron chi connectivity index (χ2n) is 4.36. The summed E-state index contributed by atoms with van der Waals surface area (Å²) in [4.78, 5) is 11.4. The molecule has 4 heteroatoms. The molecule has 114 valence electrons. The first-order chi connectivity index (χ1) is 11.2. The van der Waals surface area contributed by atoms with Crippen LogP contribution in [0.1, 0.15) is 10.4 Å². The highest BCUT2D eigenvalue weighted by atomic mass is 16.5. The molecule has 0 aliphatic heterocycles. The van der Waals surface area contributed by atoms with Gasteiger partial charge in [-0.15, -0.1) is 0 Å². The van der Waals surface area contributed by atoms with Gasteiger partial charge in [-0.3, -0.25) is 0 Å². The molecule has 0 unspecified atom stereocenters. The topological polar surface area (TPSA) is 55.8 Å². The Morgan fingerprint density at radius 1 is 0.957 bits per heavy atom. The average molecular weight is 306 g/mol. The summed E-state index contributed by atoms with van der Waals surface area (Å²) in [6, 6.07) is 12.0. The van der Waals surface area contributed by atoms with Crippen LogP contribution in [0.5, 0.6) is 11.5 Å². The Labute approximate surface area is 133 Å². The van der Waals surface area contributed by atoms with Gasteiger partial charge in [0, 0.05) is 11.1 Å². The smallest absolute Gasteiger partial charge is 0.339 e. The van der Waals surface area contributed by atoms with Crippen LogP contribution in [-0.4, -0.2) is 11.1 Å². The van der Waals surface area contributed by atoms with E-state index in [1.54, 1.807) is 30.3 Å². The van der Waals surface area contributed by atoms with E-state index < -0.39 is 5.97 Å². The molecule has 0 bridgehead atoms. The highest BCUT2D eigenvalue weighted by molar-refractivity contribution is 5.95. The summed E-state index contributed by atoms with van der Waals surface area (Å²) in [7, 11) is 0. The lowest BCUT2D eigenvalue weighted by molar-refractivity contribution is 0.0694. The maximum atomic E-state index is 11.4. The SMILES string of the molecule is C=C=COc1ccccc1-c1cccc(C(=O)O)c1OC=C=C. The van der Waals surface area contributed by atoms with Crippen molar-refractivity contribution in [3.63, 3.8) is 0 Å². The van der Waals surface area contributed by atoms with Crippen LogP contribution in [0.15, 0.2) is 79.6 Å². The first-order valence-electron chi connectivity index (χ1n) is 6.66. The second kappa shape index (κ2) is 7.53. The van der Waals surface area contributed by atoms with Gasteiger partial charge >= 0.3 is 5.97 Å². The molecule has 0 aliphatic carbocycles. The number of aromatic carboxylic acids is 1. The highest BCUT2D eigenvalue weighted by Gasteiger charge is 2.18. The molecule has 0 amide bonds. The molecule has 0 aromatic heterocycles. The van der Waals surface area contributed by atoms with Crippen LogP contribution in [0.4, 0.5) is 0 Å². The molecule has 0 fully saturated rings. The molecule has 0 radical (unpaired) electrons. The zero-order chi connectivity index (χ0) is 16.7. The van der Waals surface area contributed by atoms with Crippen LogP contribution in [-0.2, 0) is 0 Å². The van der Waals surface area contributed by atoms with Crippen molar-refractivity contribution in [2.75, 3.05) is 0 Å². The monoisotopic (exact) mass is 306 g/mol. The van der Waals surface area contributed by atoms with Gasteiger partial charge in [0.2, 0.25) is 0 Å². The van der Waals surface area contributed by atoms with E-state index in [0.717, 1.165) is 0 Å². The fourth-order valence-electron chi connectivity index (χ4n) is 2.04. The Bertz CT molecular complexity index is 823. The van der Waals surface area contributed by atoms with Crippen LogP contribution < -0.4 is 9.47 Å². The summed E-state index contributed by atoms with van der Waals surface area (Å²) >= 11 is 0. The molecule has 0 atom stereocenters. The zero-order valence-corrected chi connectivity index (χ0v) is 12.3. The van der Waals surface area contributed by atoms with Crippen molar-refractivity contribution >= 4 is 5.97 Å². The van der Waals surface area contributed by atoms with Crippen LogP contribution in [0.25, 0.3) is 11.1 Å². The van der Waals surface area contributed by atoms with Gasteiger partial charge in [0.25, 0.3) is 0 Å². The Morgan fingerprint density at radius 3 is 2.30 bits per heavy atom. The lowest BCUT2D eigenvalue weighted by Gasteiger charge is -2.13. The van der Waals surface area contributed by atoms with E-state index in [1.807, 2.05) is 6.07 Å². The van der Waals surface area contributed by atoms with Gasteiger partial charge in [0.1, 0.15) is 29.6 Å². The number of hydrogen-bond donors (Lipinski definition) is 1. The largest absolute Gasteiger partial charge is 0.478 e. The molecule has 0 saturated carbocycles. The Balaban J connectivity index is 2.68. The van der Waals surface area contributed by atoms with Crippen molar-refractivity contribution in [2.24, 2.45) is 0 Å². The molecule has 0 saturated heterocycles. The van der Waals surface area contributed by atoms with E-state index in [2.05, 4.69) is 24.6 Å². The Hall–Kier alpha value is -3.45. The number of carboxylic acid groups (broad SMARTS) is 1. The van der Waals surface area contributed by atoms with E-state index in [1.165, 1.54) is 18.6 Å². The Kier molecular flexibility index (Phi) is 5.21. The summed E-state index contributed by atoms with van der Waals surface area (Å²) in [5.41, 5.74) is 6.27. The maximum Gasteiger partial charge on any atom is 0.339 e. The van der Waals surface area contributed by atoms with Crippen LogP contribution in [0.2, 0.25) is 0 Å². The molecule has 2 aromatic carbocycles. The number of para-hydroxylation sites is 2. The average Bonchev–Trinajstić information content (AvgIpc) is 2.58. The molecular formula is C19H14O4.